The van der Waals surface area contributed by atoms with E-state index < -0.39 is 16.7 Å². The minimum Gasteiger partial charge on any atom is -0.326 e. The summed E-state index contributed by atoms with van der Waals surface area (Å²) in [6.45, 7) is 1.66. The third-order valence-corrected chi connectivity index (χ3v) is 1.79. The first-order valence-corrected chi connectivity index (χ1v) is 3.47. The lowest BCUT2D eigenvalue weighted by atomic mass is 9.96. The molecule has 1 aliphatic rings. The second kappa shape index (κ2) is 2.69. The zero-order chi connectivity index (χ0) is 9.35. The molecule has 3 N–H and O–H groups in total. The summed E-state index contributed by atoms with van der Waals surface area (Å²) in [4.78, 5) is 9.64. The van der Waals surface area contributed by atoms with Crippen molar-refractivity contribution in [1.29, 1.82) is 0 Å². The summed E-state index contributed by atoms with van der Waals surface area (Å²) in [6, 6.07) is -0.976. The molecule has 0 aromatic rings. The second-order valence-corrected chi connectivity index (χ2v) is 2.81. The molecule has 1 rings (SSSR count). The van der Waals surface area contributed by atoms with E-state index in [-0.39, 0.29) is 0 Å². The van der Waals surface area contributed by atoms with Gasteiger partial charge in [-0.25, -0.2) is 0 Å². The molecule has 2 unspecified atom stereocenters. The van der Waals surface area contributed by atoms with E-state index in [2.05, 4.69) is 0 Å². The fourth-order valence-electron chi connectivity index (χ4n) is 1.05. The van der Waals surface area contributed by atoms with Gasteiger partial charge in [0.25, 0.3) is 0 Å². The number of allylic oxidation sites excluding steroid dienone is 2. The van der Waals surface area contributed by atoms with E-state index >= 15 is 0 Å². The predicted molar refractivity (Wildman–Crippen MR) is 42.8 cm³/mol. The highest BCUT2D eigenvalue weighted by Gasteiger charge is 2.45. The Morgan fingerprint density at radius 3 is 2.83 bits per heavy atom. The molecule has 0 aromatic heterocycles. The van der Waals surface area contributed by atoms with E-state index in [4.69, 9.17) is 5.73 Å². The third-order valence-electron chi connectivity index (χ3n) is 1.79. The summed E-state index contributed by atoms with van der Waals surface area (Å²) < 4.78 is 0. The molecule has 0 spiro atoms. The largest absolute Gasteiger partial charge is 0.361 e. The number of hydrogen-bond acceptors (Lipinski definition) is 4. The number of nitrogens with two attached hydrogens (primary N) is 1. The van der Waals surface area contributed by atoms with Crippen LogP contribution in [0, 0.1) is 10.1 Å². The number of hydrogen-bond donors (Lipinski definition) is 2. The fraction of sp³-hybridized carbons (Fsp3) is 0.429. The number of nitro groups is 1. The summed E-state index contributed by atoms with van der Waals surface area (Å²) in [5.41, 5.74) is 3.85. The Morgan fingerprint density at radius 1 is 1.83 bits per heavy atom. The highest BCUT2D eigenvalue weighted by molar-refractivity contribution is 5.28. The van der Waals surface area contributed by atoms with Gasteiger partial charge in [0.05, 0.1) is 4.92 Å². The predicted octanol–water partition coefficient (Wildman–Crippen LogP) is -0.205. The van der Waals surface area contributed by atoms with Crippen LogP contribution in [0.3, 0.4) is 0 Å². The van der Waals surface area contributed by atoms with Gasteiger partial charge in [-0.3, -0.25) is 10.1 Å². The Morgan fingerprint density at radius 2 is 2.42 bits per heavy atom. The first-order valence-electron chi connectivity index (χ1n) is 3.47. The molecule has 0 amide bonds. The molecule has 5 heteroatoms. The maximum absolute atomic E-state index is 10.4. The van der Waals surface area contributed by atoms with Crippen molar-refractivity contribution in [3.8, 4) is 0 Å². The van der Waals surface area contributed by atoms with Crippen molar-refractivity contribution in [3.05, 3.63) is 33.9 Å². The van der Waals surface area contributed by atoms with Gasteiger partial charge in [0.2, 0.25) is 0 Å². The van der Waals surface area contributed by atoms with E-state index in [1.54, 1.807) is 13.0 Å². The van der Waals surface area contributed by atoms with Gasteiger partial charge in [-0.15, -0.1) is 0 Å². The SMILES string of the molecule is CC1=CC(O)([N+](=O)[O-])C(N)C=C1. The van der Waals surface area contributed by atoms with E-state index in [0.29, 0.717) is 5.57 Å². The van der Waals surface area contributed by atoms with Crippen LogP contribution in [0.5, 0.6) is 0 Å². The molecule has 12 heavy (non-hydrogen) atoms. The maximum Gasteiger partial charge on any atom is 0.361 e. The summed E-state index contributed by atoms with van der Waals surface area (Å²) in [7, 11) is 0. The van der Waals surface area contributed by atoms with Crippen molar-refractivity contribution in [2.24, 2.45) is 5.73 Å². The van der Waals surface area contributed by atoms with Crippen LogP contribution in [0.4, 0.5) is 0 Å². The summed E-state index contributed by atoms with van der Waals surface area (Å²) in [5.74, 6) is 0. The number of aliphatic hydroxyl groups is 1. The highest BCUT2D eigenvalue weighted by Crippen LogP contribution is 2.20. The van der Waals surface area contributed by atoms with Crippen molar-refractivity contribution in [1.82, 2.24) is 0 Å². The molecule has 0 radical (unpaired) electrons. The molecule has 0 bridgehead atoms. The number of nitrogens with zero attached hydrogens (tertiary/aromatic N) is 1. The summed E-state index contributed by atoms with van der Waals surface area (Å²) in [6.07, 6.45) is 4.21. The van der Waals surface area contributed by atoms with Gasteiger partial charge >= 0.3 is 5.72 Å². The number of rotatable bonds is 1. The highest BCUT2D eigenvalue weighted by atomic mass is 16.7. The molecule has 1 aliphatic carbocycles. The monoisotopic (exact) mass is 170 g/mol. The second-order valence-electron chi connectivity index (χ2n) is 2.81. The molecular weight excluding hydrogens is 160 g/mol. The van der Waals surface area contributed by atoms with E-state index in [0.717, 1.165) is 6.08 Å². The molecule has 0 saturated heterocycles. The van der Waals surface area contributed by atoms with Crippen LogP contribution in [-0.2, 0) is 0 Å². The molecule has 0 saturated carbocycles. The standard InChI is InChI=1S/C7H10N2O3/c1-5-2-3-6(8)7(10,4-5)9(11)12/h2-4,6,10H,8H2,1H3. The zero-order valence-electron chi connectivity index (χ0n) is 6.60. The average molecular weight is 170 g/mol. The zero-order valence-corrected chi connectivity index (χ0v) is 6.60. The van der Waals surface area contributed by atoms with Crippen LogP contribution < -0.4 is 5.73 Å². The topological polar surface area (TPSA) is 89.4 Å². The minimum atomic E-state index is -2.14. The molecule has 5 nitrogen and oxygen atoms in total. The normalized spacial score (nSPS) is 34.6. The van der Waals surface area contributed by atoms with Gasteiger partial charge in [0, 0.05) is 6.08 Å². The molecule has 0 aromatic carbocycles. The fourth-order valence-corrected chi connectivity index (χ4v) is 1.05. The van der Waals surface area contributed by atoms with Crippen LogP contribution >= 0.6 is 0 Å². The van der Waals surface area contributed by atoms with Gasteiger partial charge < -0.3 is 10.8 Å². The Labute approximate surface area is 69.3 Å². The van der Waals surface area contributed by atoms with Crippen LogP contribution in [0.2, 0.25) is 0 Å². The van der Waals surface area contributed by atoms with Gasteiger partial charge in [-0.2, -0.15) is 0 Å². The summed E-state index contributed by atoms with van der Waals surface area (Å²) in [5, 5.41) is 19.9. The average Bonchev–Trinajstić information content (AvgIpc) is 1.97. The molecule has 0 fully saturated rings. The van der Waals surface area contributed by atoms with Crippen LogP contribution in [0.25, 0.3) is 0 Å². The third kappa shape index (κ3) is 1.24. The Balaban J connectivity index is 3.05. The Hall–Kier alpha value is -1.20. The molecule has 0 heterocycles. The molecule has 2 atom stereocenters. The van der Waals surface area contributed by atoms with Gasteiger partial charge in [-0.05, 0) is 12.5 Å². The lowest BCUT2D eigenvalue weighted by molar-refractivity contribution is -0.609. The molecule has 66 valence electrons. The van der Waals surface area contributed by atoms with Crippen molar-refractivity contribution >= 4 is 0 Å². The lowest BCUT2D eigenvalue weighted by Crippen LogP contribution is -2.52. The van der Waals surface area contributed by atoms with Gasteiger partial charge in [-0.1, -0.05) is 12.2 Å². The van der Waals surface area contributed by atoms with Crippen LogP contribution in [0.1, 0.15) is 6.92 Å². The molecular formula is C7H10N2O3. The lowest BCUT2D eigenvalue weighted by Gasteiger charge is -2.23. The Bertz CT molecular complexity index is 272. The first kappa shape index (κ1) is 8.89. The van der Waals surface area contributed by atoms with E-state index in [9.17, 15) is 15.2 Å². The van der Waals surface area contributed by atoms with Crippen LogP contribution in [-0.4, -0.2) is 21.8 Å². The first-order chi connectivity index (χ1) is 5.47. The van der Waals surface area contributed by atoms with Crippen LogP contribution in [0.15, 0.2) is 23.8 Å². The van der Waals surface area contributed by atoms with Gasteiger partial charge in [0.15, 0.2) is 0 Å². The minimum absolute atomic E-state index is 0.635. The van der Waals surface area contributed by atoms with Crippen molar-refractivity contribution < 1.29 is 10.0 Å². The van der Waals surface area contributed by atoms with E-state index in [1.165, 1.54) is 6.08 Å². The van der Waals surface area contributed by atoms with E-state index in [1.807, 2.05) is 0 Å². The van der Waals surface area contributed by atoms with Crippen molar-refractivity contribution in [2.75, 3.05) is 0 Å². The quantitative estimate of drug-likeness (QED) is 0.324. The maximum atomic E-state index is 10.4. The van der Waals surface area contributed by atoms with Gasteiger partial charge in [0.1, 0.15) is 6.04 Å². The Kier molecular flexibility index (Phi) is 1.99. The van der Waals surface area contributed by atoms with Crippen molar-refractivity contribution in [3.63, 3.8) is 0 Å². The smallest absolute Gasteiger partial charge is 0.326 e. The molecule has 0 aliphatic heterocycles. The summed E-state index contributed by atoms with van der Waals surface area (Å²) >= 11 is 0. The van der Waals surface area contributed by atoms with Crippen molar-refractivity contribution in [2.45, 2.75) is 18.7 Å².